The van der Waals surface area contributed by atoms with E-state index < -0.39 is 0 Å². The largest absolute Gasteiger partial charge is 0.454 e. The SMILES string of the molecule is O/N=C(/Cc1ccc(-c2ccc3c(c2)OCO3)cc1)c1cccnc1. The fourth-order valence-electron chi connectivity index (χ4n) is 2.81. The van der Waals surface area contributed by atoms with Crippen LogP contribution >= 0.6 is 0 Å². The van der Waals surface area contributed by atoms with E-state index in [1.807, 2.05) is 54.6 Å². The molecule has 124 valence electrons. The Kier molecular flexibility index (Phi) is 4.04. The Morgan fingerprint density at radius 3 is 2.56 bits per heavy atom. The fourth-order valence-corrected chi connectivity index (χ4v) is 2.81. The van der Waals surface area contributed by atoms with Crippen molar-refractivity contribution in [3.8, 4) is 22.6 Å². The van der Waals surface area contributed by atoms with Gasteiger partial charge in [0.15, 0.2) is 11.5 Å². The molecule has 0 unspecified atom stereocenters. The Labute approximate surface area is 145 Å². The molecular formula is C20H16N2O3. The van der Waals surface area contributed by atoms with Crippen LogP contribution in [0.5, 0.6) is 11.5 Å². The number of pyridine rings is 1. The van der Waals surface area contributed by atoms with E-state index in [0.717, 1.165) is 33.8 Å². The van der Waals surface area contributed by atoms with Gasteiger partial charge in [-0.3, -0.25) is 4.98 Å². The lowest BCUT2D eigenvalue weighted by Crippen LogP contribution is -2.05. The van der Waals surface area contributed by atoms with Crippen LogP contribution in [0.3, 0.4) is 0 Å². The summed E-state index contributed by atoms with van der Waals surface area (Å²) in [7, 11) is 0. The molecule has 0 saturated heterocycles. The number of nitrogens with zero attached hydrogens (tertiary/aromatic N) is 2. The average Bonchev–Trinajstić information content (AvgIpc) is 3.15. The highest BCUT2D eigenvalue weighted by Gasteiger charge is 2.14. The van der Waals surface area contributed by atoms with Crippen molar-refractivity contribution in [2.24, 2.45) is 5.16 Å². The normalized spacial score (nSPS) is 13.0. The predicted octanol–water partition coefficient (Wildman–Crippen LogP) is 3.90. The summed E-state index contributed by atoms with van der Waals surface area (Å²) >= 11 is 0. The maximum absolute atomic E-state index is 9.30. The molecule has 0 saturated carbocycles. The van der Waals surface area contributed by atoms with Crippen LogP contribution in [0.4, 0.5) is 0 Å². The van der Waals surface area contributed by atoms with Crippen LogP contribution in [0.1, 0.15) is 11.1 Å². The quantitative estimate of drug-likeness (QED) is 0.447. The summed E-state index contributed by atoms with van der Waals surface area (Å²) in [5.41, 5.74) is 4.61. The lowest BCUT2D eigenvalue weighted by Gasteiger charge is -2.07. The molecule has 1 aromatic heterocycles. The van der Waals surface area contributed by atoms with Crippen molar-refractivity contribution in [2.75, 3.05) is 6.79 Å². The second-order valence-electron chi connectivity index (χ2n) is 5.73. The zero-order valence-corrected chi connectivity index (χ0v) is 13.4. The van der Waals surface area contributed by atoms with Crippen LogP contribution in [0, 0.1) is 0 Å². The zero-order chi connectivity index (χ0) is 17.1. The lowest BCUT2D eigenvalue weighted by atomic mass is 9.99. The molecule has 5 heteroatoms. The first-order valence-corrected chi connectivity index (χ1v) is 7.94. The third kappa shape index (κ3) is 3.17. The number of fused-ring (bicyclic) bond motifs is 1. The van der Waals surface area contributed by atoms with E-state index in [1.54, 1.807) is 12.4 Å². The fraction of sp³-hybridized carbons (Fsp3) is 0.100. The van der Waals surface area contributed by atoms with Gasteiger partial charge in [0.1, 0.15) is 0 Å². The standard InChI is InChI=1S/C20H16N2O3/c23-22-18(17-2-1-9-21-12-17)10-14-3-5-15(6-4-14)16-7-8-19-20(11-16)25-13-24-19/h1-9,11-12,23H,10,13H2/b22-18-. The summed E-state index contributed by atoms with van der Waals surface area (Å²) in [5, 5.41) is 12.7. The molecule has 0 fully saturated rings. The summed E-state index contributed by atoms with van der Waals surface area (Å²) in [4.78, 5) is 4.06. The summed E-state index contributed by atoms with van der Waals surface area (Å²) in [6, 6.07) is 17.8. The van der Waals surface area contributed by atoms with Gasteiger partial charge in [0.25, 0.3) is 0 Å². The maximum atomic E-state index is 9.30. The van der Waals surface area contributed by atoms with Gasteiger partial charge in [-0.05, 0) is 41.0 Å². The number of benzene rings is 2. The van der Waals surface area contributed by atoms with Crippen molar-refractivity contribution in [1.29, 1.82) is 0 Å². The molecule has 0 bridgehead atoms. The number of hydrogen-bond donors (Lipinski definition) is 1. The number of ether oxygens (including phenoxy) is 2. The lowest BCUT2D eigenvalue weighted by molar-refractivity contribution is 0.174. The van der Waals surface area contributed by atoms with Crippen LogP contribution in [0.2, 0.25) is 0 Å². The Morgan fingerprint density at radius 2 is 1.80 bits per heavy atom. The average molecular weight is 332 g/mol. The first kappa shape index (κ1) is 15.2. The minimum atomic E-state index is 0.273. The second kappa shape index (κ2) is 6.65. The van der Waals surface area contributed by atoms with Crippen molar-refractivity contribution < 1.29 is 14.7 Å². The van der Waals surface area contributed by atoms with Crippen LogP contribution in [0.25, 0.3) is 11.1 Å². The zero-order valence-electron chi connectivity index (χ0n) is 13.4. The van der Waals surface area contributed by atoms with Gasteiger partial charge in [-0.25, -0.2) is 0 Å². The molecule has 1 aliphatic heterocycles. The van der Waals surface area contributed by atoms with Gasteiger partial charge in [0, 0.05) is 24.4 Å². The predicted molar refractivity (Wildman–Crippen MR) is 94.3 cm³/mol. The first-order chi connectivity index (χ1) is 12.3. The number of rotatable bonds is 4. The summed E-state index contributed by atoms with van der Waals surface area (Å²) in [5.74, 6) is 1.55. The van der Waals surface area contributed by atoms with Crippen LogP contribution in [0.15, 0.2) is 72.1 Å². The highest BCUT2D eigenvalue weighted by Crippen LogP contribution is 2.35. The van der Waals surface area contributed by atoms with Crippen molar-refractivity contribution in [2.45, 2.75) is 6.42 Å². The molecule has 5 nitrogen and oxygen atoms in total. The molecule has 0 atom stereocenters. The molecule has 1 aliphatic rings. The second-order valence-corrected chi connectivity index (χ2v) is 5.73. The summed E-state index contributed by atoms with van der Waals surface area (Å²) in [6.45, 7) is 0.273. The molecule has 3 aromatic rings. The van der Waals surface area contributed by atoms with E-state index >= 15 is 0 Å². The van der Waals surface area contributed by atoms with Crippen molar-refractivity contribution >= 4 is 5.71 Å². The Morgan fingerprint density at radius 1 is 1.00 bits per heavy atom. The first-order valence-electron chi connectivity index (χ1n) is 7.94. The molecule has 0 aliphatic carbocycles. The van der Waals surface area contributed by atoms with E-state index in [0.29, 0.717) is 12.1 Å². The number of oxime groups is 1. The highest BCUT2D eigenvalue weighted by molar-refractivity contribution is 6.01. The Balaban J connectivity index is 1.54. The van der Waals surface area contributed by atoms with Gasteiger partial charge in [-0.15, -0.1) is 0 Å². The molecule has 4 rings (SSSR count). The molecule has 25 heavy (non-hydrogen) atoms. The number of aromatic nitrogens is 1. The third-order valence-corrected chi connectivity index (χ3v) is 4.15. The van der Waals surface area contributed by atoms with Gasteiger partial charge >= 0.3 is 0 Å². The Bertz CT molecular complexity index is 906. The third-order valence-electron chi connectivity index (χ3n) is 4.15. The summed E-state index contributed by atoms with van der Waals surface area (Å²) < 4.78 is 10.8. The molecular weight excluding hydrogens is 316 g/mol. The molecule has 1 N–H and O–H groups in total. The van der Waals surface area contributed by atoms with Crippen LogP contribution in [-0.4, -0.2) is 22.7 Å². The molecule has 0 radical (unpaired) electrons. The maximum Gasteiger partial charge on any atom is 0.231 e. The molecule has 0 amide bonds. The Hall–Kier alpha value is -3.34. The van der Waals surface area contributed by atoms with E-state index in [4.69, 9.17) is 9.47 Å². The van der Waals surface area contributed by atoms with Crippen LogP contribution in [-0.2, 0) is 6.42 Å². The van der Waals surface area contributed by atoms with E-state index in [2.05, 4.69) is 10.1 Å². The molecule has 0 spiro atoms. The molecule has 2 heterocycles. The van der Waals surface area contributed by atoms with Gasteiger partial charge in [-0.1, -0.05) is 35.5 Å². The van der Waals surface area contributed by atoms with E-state index in [-0.39, 0.29) is 6.79 Å². The topological polar surface area (TPSA) is 63.9 Å². The van der Waals surface area contributed by atoms with E-state index in [9.17, 15) is 5.21 Å². The van der Waals surface area contributed by atoms with E-state index in [1.165, 1.54) is 0 Å². The van der Waals surface area contributed by atoms with Crippen molar-refractivity contribution in [3.05, 3.63) is 78.1 Å². The smallest absolute Gasteiger partial charge is 0.231 e. The van der Waals surface area contributed by atoms with Crippen molar-refractivity contribution in [3.63, 3.8) is 0 Å². The van der Waals surface area contributed by atoms with Gasteiger partial charge < -0.3 is 14.7 Å². The van der Waals surface area contributed by atoms with Gasteiger partial charge in [-0.2, -0.15) is 0 Å². The number of hydrogen-bond acceptors (Lipinski definition) is 5. The monoisotopic (exact) mass is 332 g/mol. The van der Waals surface area contributed by atoms with Crippen molar-refractivity contribution in [1.82, 2.24) is 4.98 Å². The van der Waals surface area contributed by atoms with Gasteiger partial charge in [0.2, 0.25) is 6.79 Å². The van der Waals surface area contributed by atoms with Gasteiger partial charge in [0.05, 0.1) is 5.71 Å². The molecule has 2 aromatic carbocycles. The minimum absolute atomic E-state index is 0.273. The highest BCUT2D eigenvalue weighted by atomic mass is 16.7. The van der Waals surface area contributed by atoms with Crippen LogP contribution < -0.4 is 9.47 Å². The minimum Gasteiger partial charge on any atom is -0.454 e. The summed E-state index contributed by atoms with van der Waals surface area (Å²) in [6.07, 6.45) is 3.91.